The molecule has 0 amide bonds. The fourth-order valence-corrected chi connectivity index (χ4v) is 4.68. The van der Waals surface area contributed by atoms with Crippen LogP contribution in [0.3, 0.4) is 0 Å². The summed E-state index contributed by atoms with van der Waals surface area (Å²) in [5.41, 5.74) is 1.43. The van der Waals surface area contributed by atoms with Crippen molar-refractivity contribution in [3.8, 4) is 0 Å². The van der Waals surface area contributed by atoms with Gasteiger partial charge in [-0.1, -0.05) is 37.3 Å². The Bertz CT molecular complexity index is 618. The lowest BCUT2D eigenvalue weighted by molar-refractivity contribution is 0.126. The second kappa shape index (κ2) is 13.7. The molecule has 6 heteroatoms. The standard InChI is InChI=1S/C25H44N6/c1-3-14-29-16-11-24(12-17-29)28-25(26-2)27-13-7-8-15-30-18-20-31(21-19-30)22-23-9-5-4-6-10-23/h4-6,9-10,24H,3,7-8,11-22H2,1-2H3,(H2,26,27,28). The number of nitrogens with one attached hydrogen (secondary N) is 2. The molecule has 2 aliphatic rings. The molecule has 0 bridgehead atoms. The first-order chi connectivity index (χ1) is 15.3. The van der Waals surface area contributed by atoms with Crippen LogP contribution in [-0.4, -0.2) is 92.7 Å². The van der Waals surface area contributed by atoms with E-state index in [0.29, 0.717) is 6.04 Å². The molecule has 2 fully saturated rings. The Balaban J connectivity index is 1.22. The molecular formula is C25H44N6. The molecule has 2 aliphatic heterocycles. The highest BCUT2D eigenvalue weighted by Crippen LogP contribution is 2.11. The molecule has 2 heterocycles. The number of likely N-dealkylation sites (tertiary alicyclic amines) is 1. The Morgan fingerprint density at radius 1 is 0.903 bits per heavy atom. The number of nitrogens with zero attached hydrogens (tertiary/aromatic N) is 4. The number of rotatable bonds is 10. The zero-order chi connectivity index (χ0) is 21.7. The van der Waals surface area contributed by atoms with Gasteiger partial charge in [0.15, 0.2) is 5.96 Å². The summed E-state index contributed by atoms with van der Waals surface area (Å²) in [5, 5.41) is 7.15. The molecule has 31 heavy (non-hydrogen) atoms. The number of hydrogen-bond acceptors (Lipinski definition) is 4. The van der Waals surface area contributed by atoms with E-state index in [9.17, 15) is 0 Å². The van der Waals surface area contributed by atoms with Crippen molar-refractivity contribution < 1.29 is 0 Å². The average Bonchev–Trinajstić information content (AvgIpc) is 2.81. The van der Waals surface area contributed by atoms with Gasteiger partial charge in [0, 0.05) is 65.4 Å². The topological polar surface area (TPSA) is 46.1 Å². The van der Waals surface area contributed by atoms with Crippen LogP contribution in [0.25, 0.3) is 0 Å². The van der Waals surface area contributed by atoms with Crippen LogP contribution in [-0.2, 0) is 6.54 Å². The van der Waals surface area contributed by atoms with E-state index in [1.165, 1.54) is 90.0 Å². The first-order valence-corrected chi connectivity index (χ1v) is 12.4. The number of aliphatic imine (C=N–C) groups is 1. The van der Waals surface area contributed by atoms with Gasteiger partial charge in [-0.3, -0.25) is 9.89 Å². The maximum atomic E-state index is 4.43. The molecule has 6 nitrogen and oxygen atoms in total. The Labute approximate surface area is 190 Å². The third-order valence-corrected chi connectivity index (χ3v) is 6.60. The van der Waals surface area contributed by atoms with Crippen molar-refractivity contribution in [1.82, 2.24) is 25.3 Å². The quantitative estimate of drug-likeness (QED) is 0.341. The predicted molar refractivity (Wildman–Crippen MR) is 132 cm³/mol. The van der Waals surface area contributed by atoms with E-state index in [1.807, 2.05) is 7.05 Å². The van der Waals surface area contributed by atoms with Gasteiger partial charge in [0.25, 0.3) is 0 Å². The SMILES string of the molecule is CCCN1CCC(NC(=NC)NCCCCN2CCN(Cc3ccccc3)CC2)CC1. The van der Waals surface area contributed by atoms with Gasteiger partial charge in [0.2, 0.25) is 0 Å². The van der Waals surface area contributed by atoms with Crippen LogP contribution in [0.4, 0.5) is 0 Å². The van der Waals surface area contributed by atoms with Crippen LogP contribution in [0.5, 0.6) is 0 Å². The minimum atomic E-state index is 0.562. The maximum Gasteiger partial charge on any atom is 0.191 e. The number of guanidine groups is 1. The largest absolute Gasteiger partial charge is 0.356 e. The van der Waals surface area contributed by atoms with Gasteiger partial charge in [-0.15, -0.1) is 0 Å². The summed E-state index contributed by atoms with van der Waals surface area (Å²) < 4.78 is 0. The minimum Gasteiger partial charge on any atom is -0.356 e. The molecular weight excluding hydrogens is 384 g/mol. The molecule has 0 unspecified atom stereocenters. The van der Waals surface area contributed by atoms with Crippen molar-refractivity contribution in [1.29, 1.82) is 0 Å². The van der Waals surface area contributed by atoms with E-state index in [0.717, 1.165) is 19.0 Å². The summed E-state index contributed by atoms with van der Waals surface area (Å²) >= 11 is 0. The van der Waals surface area contributed by atoms with Gasteiger partial charge in [-0.25, -0.2) is 0 Å². The van der Waals surface area contributed by atoms with E-state index in [1.54, 1.807) is 0 Å². The molecule has 1 aromatic carbocycles. The predicted octanol–water partition coefficient (Wildman–Crippen LogP) is 2.62. The van der Waals surface area contributed by atoms with Gasteiger partial charge in [0.1, 0.15) is 0 Å². The summed E-state index contributed by atoms with van der Waals surface area (Å²) in [4.78, 5) is 12.2. The average molecular weight is 429 g/mol. The Morgan fingerprint density at radius 3 is 2.26 bits per heavy atom. The Morgan fingerprint density at radius 2 is 1.58 bits per heavy atom. The molecule has 174 valence electrons. The number of benzene rings is 1. The molecule has 2 N–H and O–H groups in total. The second-order valence-corrected chi connectivity index (χ2v) is 9.07. The lowest BCUT2D eigenvalue weighted by Crippen LogP contribution is -2.49. The lowest BCUT2D eigenvalue weighted by atomic mass is 10.1. The van der Waals surface area contributed by atoms with E-state index >= 15 is 0 Å². The number of hydrogen-bond donors (Lipinski definition) is 2. The van der Waals surface area contributed by atoms with Crippen molar-refractivity contribution in [2.45, 2.75) is 51.6 Å². The third kappa shape index (κ3) is 8.79. The van der Waals surface area contributed by atoms with E-state index < -0.39 is 0 Å². The van der Waals surface area contributed by atoms with E-state index in [2.05, 4.69) is 67.6 Å². The fraction of sp³-hybridized carbons (Fsp3) is 0.720. The number of piperidine rings is 1. The monoisotopic (exact) mass is 428 g/mol. The molecule has 1 aromatic rings. The molecule has 3 rings (SSSR count). The van der Waals surface area contributed by atoms with Gasteiger partial charge in [-0.2, -0.15) is 0 Å². The summed E-state index contributed by atoms with van der Waals surface area (Å²) in [5.74, 6) is 0.975. The maximum absolute atomic E-state index is 4.43. The first-order valence-electron chi connectivity index (χ1n) is 12.4. The molecule has 0 saturated carbocycles. The highest BCUT2D eigenvalue weighted by atomic mass is 15.3. The zero-order valence-electron chi connectivity index (χ0n) is 19.9. The van der Waals surface area contributed by atoms with Crippen LogP contribution in [0.15, 0.2) is 35.3 Å². The second-order valence-electron chi connectivity index (χ2n) is 9.07. The van der Waals surface area contributed by atoms with Crippen molar-refractivity contribution >= 4 is 5.96 Å². The molecule has 0 radical (unpaired) electrons. The lowest BCUT2D eigenvalue weighted by Gasteiger charge is -2.34. The van der Waals surface area contributed by atoms with Gasteiger partial charge in [0.05, 0.1) is 0 Å². The van der Waals surface area contributed by atoms with Crippen LogP contribution in [0, 0.1) is 0 Å². The normalized spacial score (nSPS) is 20.1. The van der Waals surface area contributed by atoms with Crippen molar-refractivity contribution in [3.05, 3.63) is 35.9 Å². The summed E-state index contributed by atoms with van der Waals surface area (Å²) in [7, 11) is 1.89. The molecule has 0 spiro atoms. The number of piperazine rings is 1. The van der Waals surface area contributed by atoms with E-state index in [-0.39, 0.29) is 0 Å². The minimum absolute atomic E-state index is 0.562. The summed E-state index contributed by atoms with van der Waals surface area (Å²) in [6, 6.07) is 11.4. The molecule has 2 saturated heterocycles. The first kappa shape index (κ1) is 24.0. The van der Waals surface area contributed by atoms with Gasteiger partial charge >= 0.3 is 0 Å². The smallest absolute Gasteiger partial charge is 0.191 e. The summed E-state index contributed by atoms with van der Waals surface area (Å²) in [6.45, 7) is 14.0. The molecule has 0 aliphatic carbocycles. The molecule has 0 aromatic heterocycles. The summed E-state index contributed by atoms with van der Waals surface area (Å²) in [6.07, 6.45) is 6.14. The van der Waals surface area contributed by atoms with Crippen molar-refractivity contribution in [2.24, 2.45) is 4.99 Å². The van der Waals surface area contributed by atoms with E-state index in [4.69, 9.17) is 0 Å². The van der Waals surface area contributed by atoms with Crippen LogP contribution in [0.1, 0.15) is 44.6 Å². The highest BCUT2D eigenvalue weighted by Gasteiger charge is 2.19. The Hall–Kier alpha value is -1.63. The highest BCUT2D eigenvalue weighted by molar-refractivity contribution is 5.79. The third-order valence-electron chi connectivity index (χ3n) is 6.60. The van der Waals surface area contributed by atoms with Crippen LogP contribution < -0.4 is 10.6 Å². The van der Waals surface area contributed by atoms with Crippen molar-refractivity contribution in [2.75, 3.05) is 66.0 Å². The molecule has 0 atom stereocenters. The van der Waals surface area contributed by atoms with Crippen LogP contribution >= 0.6 is 0 Å². The number of unbranched alkanes of at least 4 members (excludes halogenated alkanes) is 1. The van der Waals surface area contributed by atoms with Gasteiger partial charge < -0.3 is 20.4 Å². The van der Waals surface area contributed by atoms with Crippen LogP contribution in [0.2, 0.25) is 0 Å². The Kier molecular flexibility index (Phi) is 10.6. The van der Waals surface area contributed by atoms with Crippen molar-refractivity contribution in [3.63, 3.8) is 0 Å². The zero-order valence-corrected chi connectivity index (χ0v) is 19.9. The van der Waals surface area contributed by atoms with Gasteiger partial charge in [-0.05, 0) is 50.8 Å². The fourth-order valence-electron chi connectivity index (χ4n) is 4.68.